The Morgan fingerprint density at radius 2 is 1.77 bits per heavy atom. The molecule has 2 aromatic heterocycles. The molecule has 0 spiro atoms. The number of benzene rings is 2. The molecule has 30 heavy (non-hydrogen) atoms. The zero-order chi connectivity index (χ0) is 21.1. The summed E-state index contributed by atoms with van der Waals surface area (Å²) in [6, 6.07) is 16.7. The summed E-state index contributed by atoms with van der Waals surface area (Å²) in [5.41, 5.74) is 1.40. The van der Waals surface area contributed by atoms with Crippen molar-refractivity contribution >= 4 is 16.8 Å². The predicted molar refractivity (Wildman–Crippen MR) is 113 cm³/mol. The number of nitrogens with zero attached hydrogens (tertiary/aromatic N) is 4. The van der Waals surface area contributed by atoms with Gasteiger partial charge < -0.3 is 4.90 Å². The van der Waals surface area contributed by atoms with Gasteiger partial charge in [0.25, 0.3) is 5.56 Å². The second-order valence-electron chi connectivity index (χ2n) is 7.14. The number of fused-ring (bicyclic) bond motifs is 1. The van der Waals surface area contributed by atoms with Crippen LogP contribution in [0.1, 0.15) is 11.1 Å². The van der Waals surface area contributed by atoms with Gasteiger partial charge in [0, 0.05) is 25.4 Å². The number of para-hydroxylation sites is 1. The topological polar surface area (TPSA) is 93.0 Å². The minimum atomic E-state index is -0.601. The summed E-state index contributed by atoms with van der Waals surface area (Å²) in [7, 11) is 1.68. The second kappa shape index (κ2) is 8.20. The minimum absolute atomic E-state index is 0.162. The molecule has 8 heteroatoms. The van der Waals surface area contributed by atoms with Crippen molar-refractivity contribution in [1.29, 1.82) is 0 Å². The number of aromatic amines is 1. The van der Waals surface area contributed by atoms with E-state index >= 15 is 0 Å². The van der Waals surface area contributed by atoms with Crippen LogP contribution >= 0.6 is 0 Å². The highest BCUT2D eigenvalue weighted by Crippen LogP contribution is 2.09. The molecular weight excluding hydrogens is 382 g/mol. The molecule has 0 aliphatic rings. The number of nitrogens with one attached hydrogen (secondary N) is 1. The predicted octanol–water partition coefficient (Wildman–Crippen LogP) is 1.59. The molecule has 0 atom stereocenters. The van der Waals surface area contributed by atoms with Gasteiger partial charge in [-0.1, -0.05) is 42.5 Å². The summed E-state index contributed by atoms with van der Waals surface area (Å²) in [5, 5.41) is 4.73. The van der Waals surface area contributed by atoms with E-state index in [2.05, 4.69) is 10.1 Å². The first-order valence-electron chi connectivity index (χ1n) is 9.52. The zero-order valence-corrected chi connectivity index (χ0v) is 16.5. The minimum Gasteiger partial charge on any atom is -0.340 e. The highest BCUT2D eigenvalue weighted by atomic mass is 16.2. The Morgan fingerprint density at radius 3 is 2.57 bits per heavy atom. The lowest BCUT2D eigenvalue weighted by Crippen LogP contribution is -2.37. The van der Waals surface area contributed by atoms with Crippen molar-refractivity contribution in [3.8, 4) is 0 Å². The third-order valence-corrected chi connectivity index (χ3v) is 4.92. The first-order chi connectivity index (χ1) is 14.5. The number of hydrogen-bond donors (Lipinski definition) is 1. The molecule has 1 amide bonds. The van der Waals surface area contributed by atoms with Gasteiger partial charge in [-0.3, -0.25) is 23.8 Å². The summed E-state index contributed by atoms with van der Waals surface area (Å²) in [5.74, 6) is -0.245. The number of likely N-dealkylation sites (N-methyl/N-ethyl adjacent to an activating group) is 1. The Hall–Kier alpha value is -3.94. The number of H-pyrrole nitrogens is 1. The molecule has 1 N–H and O–H groups in total. The lowest BCUT2D eigenvalue weighted by atomic mass is 10.2. The molecule has 2 aromatic carbocycles. The average molecular weight is 403 g/mol. The van der Waals surface area contributed by atoms with Crippen molar-refractivity contribution in [1.82, 2.24) is 24.2 Å². The molecule has 4 rings (SSSR count). The average Bonchev–Trinajstić information content (AvgIpc) is 3.18. The van der Waals surface area contributed by atoms with Gasteiger partial charge in [-0.05, 0) is 17.7 Å². The van der Waals surface area contributed by atoms with Gasteiger partial charge in [0.2, 0.25) is 5.91 Å². The SMILES string of the molecule is CN(Cc1cnn(Cc2ccccc2)c1)C(=O)Cn1c(=O)[nH]c(=O)c2ccccc21. The number of rotatable bonds is 6. The van der Waals surface area contributed by atoms with Gasteiger partial charge in [0.15, 0.2) is 0 Å². The Labute approximate surface area is 172 Å². The van der Waals surface area contributed by atoms with E-state index in [0.29, 0.717) is 24.0 Å². The van der Waals surface area contributed by atoms with Gasteiger partial charge in [-0.25, -0.2) is 4.79 Å². The summed E-state index contributed by atoms with van der Waals surface area (Å²) in [6.07, 6.45) is 3.63. The van der Waals surface area contributed by atoms with Gasteiger partial charge >= 0.3 is 5.69 Å². The molecular formula is C22H21N5O3. The third kappa shape index (κ3) is 4.07. The number of amides is 1. The molecule has 0 fully saturated rings. The Bertz CT molecular complexity index is 1300. The van der Waals surface area contributed by atoms with Crippen LogP contribution in [-0.2, 0) is 24.4 Å². The van der Waals surface area contributed by atoms with Crippen molar-refractivity contribution in [2.24, 2.45) is 0 Å². The third-order valence-electron chi connectivity index (χ3n) is 4.92. The fourth-order valence-electron chi connectivity index (χ4n) is 3.36. The van der Waals surface area contributed by atoms with E-state index in [1.807, 2.05) is 41.2 Å². The maximum Gasteiger partial charge on any atom is 0.329 e. The van der Waals surface area contributed by atoms with Crippen LogP contribution in [0.4, 0.5) is 0 Å². The van der Waals surface area contributed by atoms with Crippen molar-refractivity contribution < 1.29 is 4.79 Å². The highest BCUT2D eigenvalue weighted by molar-refractivity contribution is 5.81. The first kappa shape index (κ1) is 19.4. The van der Waals surface area contributed by atoms with Crippen molar-refractivity contribution in [2.45, 2.75) is 19.6 Å². The number of carbonyl (C=O) groups excluding carboxylic acids is 1. The molecule has 4 aromatic rings. The van der Waals surface area contributed by atoms with Gasteiger partial charge in [0.1, 0.15) is 6.54 Å². The number of aromatic nitrogens is 4. The van der Waals surface area contributed by atoms with E-state index in [4.69, 9.17) is 0 Å². The van der Waals surface area contributed by atoms with E-state index in [9.17, 15) is 14.4 Å². The van der Waals surface area contributed by atoms with Crippen LogP contribution in [0.5, 0.6) is 0 Å². The van der Waals surface area contributed by atoms with Gasteiger partial charge in [0.05, 0.1) is 23.6 Å². The monoisotopic (exact) mass is 403 g/mol. The Balaban J connectivity index is 1.47. The van der Waals surface area contributed by atoms with Crippen LogP contribution in [0.25, 0.3) is 10.9 Å². The molecule has 0 saturated carbocycles. The van der Waals surface area contributed by atoms with Crippen LogP contribution in [0.15, 0.2) is 76.6 Å². The maximum atomic E-state index is 12.7. The van der Waals surface area contributed by atoms with Crippen LogP contribution in [0.3, 0.4) is 0 Å². The fraction of sp³-hybridized carbons (Fsp3) is 0.182. The van der Waals surface area contributed by atoms with E-state index in [1.54, 1.807) is 37.5 Å². The molecule has 0 aliphatic carbocycles. The summed E-state index contributed by atoms with van der Waals surface area (Å²) in [6.45, 7) is 0.853. The largest absolute Gasteiger partial charge is 0.340 e. The number of carbonyl (C=O) groups is 1. The van der Waals surface area contributed by atoms with Crippen molar-refractivity contribution in [2.75, 3.05) is 7.05 Å². The second-order valence-corrected chi connectivity index (χ2v) is 7.14. The molecule has 0 aliphatic heterocycles. The Kier molecular flexibility index (Phi) is 5.30. The zero-order valence-electron chi connectivity index (χ0n) is 16.5. The van der Waals surface area contributed by atoms with E-state index < -0.39 is 11.2 Å². The van der Waals surface area contributed by atoms with Gasteiger partial charge in [-0.2, -0.15) is 5.10 Å². The van der Waals surface area contributed by atoms with E-state index in [1.165, 1.54) is 9.47 Å². The lowest BCUT2D eigenvalue weighted by Gasteiger charge is -2.17. The van der Waals surface area contributed by atoms with Crippen molar-refractivity contribution in [3.63, 3.8) is 0 Å². The van der Waals surface area contributed by atoms with Crippen molar-refractivity contribution in [3.05, 3.63) is 99.0 Å². The standard InChI is InChI=1S/C22H21N5O3/c1-25(12-17-11-23-26(14-17)13-16-7-3-2-4-8-16)20(28)15-27-19-10-6-5-9-18(19)21(29)24-22(27)30/h2-11,14H,12-13,15H2,1H3,(H,24,29,30). The molecule has 0 saturated heterocycles. The molecule has 152 valence electrons. The highest BCUT2D eigenvalue weighted by Gasteiger charge is 2.15. The Morgan fingerprint density at radius 1 is 1.03 bits per heavy atom. The van der Waals surface area contributed by atoms with E-state index in [0.717, 1.165) is 11.1 Å². The van der Waals surface area contributed by atoms with Crippen LogP contribution in [0, 0.1) is 0 Å². The smallest absolute Gasteiger partial charge is 0.329 e. The summed E-state index contributed by atoms with van der Waals surface area (Å²) < 4.78 is 3.11. The molecule has 0 bridgehead atoms. The molecule has 0 radical (unpaired) electrons. The maximum absolute atomic E-state index is 12.7. The van der Waals surface area contributed by atoms with Crippen LogP contribution in [0.2, 0.25) is 0 Å². The van der Waals surface area contributed by atoms with E-state index in [-0.39, 0.29) is 12.5 Å². The van der Waals surface area contributed by atoms with Crippen LogP contribution in [-0.4, -0.2) is 37.2 Å². The lowest BCUT2D eigenvalue weighted by molar-refractivity contribution is -0.131. The summed E-state index contributed by atoms with van der Waals surface area (Å²) in [4.78, 5) is 40.8. The quantitative estimate of drug-likeness (QED) is 0.529. The van der Waals surface area contributed by atoms with Crippen LogP contribution < -0.4 is 11.2 Å². The molecule has 2 heterocycles. The molecule has 0 unspecified atom stereocenters. The van der Waals surface area contributed by atoms with Gasteiger partial charge in [-0.15, -0.1) is 0 Å². The first-order valence-corrected chi connectivity index (χ1v) is 9.52. The molecule has 8 nitrogen and oxygen atoms in total. The normalized spacial score (nSPS) is 11.0. The summed E-state index contributed by atoms with van der Waals surface area (Å²) >= 11 is 0. The fourth-order valence-corrected chi connectivity index (χ4v) is 3.36. The number of hydrogen-bond acceptors (Lipinski definition) is 4.